The molecule has 0 aromatic heterocycles. The van der Waals surface area contributed by atoms with Gasteiger partial charge in [0.2, 0.25) is 0 Å². The number of piperidine rings is 1. The third-order valence-corrected chi connectivity index (χ3v) is 3.62. The molecule has 0 radical (unpaired) electrons. The topological polar surface area (TPSA) is 12.5 Å². The van der Waals surface area contributed by atoms with Gasteiger partial charge >= 0.3 is 0 Å². The first-order valence-electron chi connectivity index (χ1n) is 6.76. The van der Waals surface area contributed by atoms with Gasteiger partial charge in [0.25, 0.3) is 0 Å². The smallest absolute Gasteiger partial charge is 0.123 e. The molecule has 2 aliphatic heterocycles. The normalized spacial score (nSPS) is 22.7. The van der Waals surface area contributed by atoms with E-state index in [-0.39, 0.29) is 0 Å². The minimum absolute atomic E-state index is 0.385. The van der Waals surface area contributed by atoms with E-state index in [1.54, 1.807) is 0 Å². The number of ether oxygens (including phenoxy) is 1. The Balaban J connectivity index is 0.000000574. The molecule has 2 aliphatic rings. The molecule has 2 heterocycles. The fourth-order valence-corrected chi connectivity index (χ4v) is 2.79. The minimum atomic E-state index is 0.385. The van der Waals surface area contributed by atoms with E-state index in [0.717, 1.165) is 18.7 Å². The van der Waals surface area contributed by atoms with Crippen molar-refractivity contribution < 1.29 is 4.74 Å². The van der Waals surface area contributed by atoms with E-state index < -0.39 is 0 Å². The average Bonchev–Trinajstić information content (AvgIpc) is 2.84. The number of hydrogen-bond acceptors (Lipinski definition) is 2. The maximum Gasteiger partial charge on any atom is 0.123 e. The first-order valence-corrected chi connectivity index (χ1v) is 8.92. The van der Waals surface area contributed by atoms with E-state index in [9.17, 15) is 0 Å². The molecule has 18 heavy (non-hydrogen) atoms. The number of benzene rings is 1. The van der Waals surface area contributed by atoms with E-state index in [4.69, 9.17) is 4.74 Å². The lowest BCUT2D eigenvalue weighted by atomic mass is 10.1. The summed E-state index contributed by atoms with van der Waals surface area (Å²) < 4.78 is 5.97. The third kappa shape index (κ3) is 3.60. The maximum atomic E-state index is 5.97. The second kappa shape index (κ2) is 7.34. The number of rotatable bonds is 2. The summed E-state index contributed by atoms with van der Waals surface area (Å²) >= 11 is 2.15. The quantitative estimate of drug-likeness (QED) is 0.592. The molecule has 3 rings (SSSR count). The van der Waals surface area contributed by atoms with Crippen LogP contribution in [0, 0.1) is 0 Å². The van der Waals surface area contributed by atoms with Gasteiger partial charge in [0.05, 0.1) is 0 Å². The minimum Gasteiger partial charge on any atom is -0.488 e. The second-order valence-corrected chi connectivity index (χ2v) is 4.91. The Kier molecular flexibility index (Phi) is 5.76. The van der Waals surface area contributed by atoms with Gasteiger partial charge in [-0.1, -0.05) is 47.2 Å². The van der Waals surface area contributed by atoms with Crippen molar-refractivity contribution in [2.45, 2.75) is 31.8 Å². The van der Waals surface area contributed by atoms with Crippen LogP contribution in [0.1, 0.15) is 24.8 Å². The van der Waals surface area contributed by atoms with E-state index in [0.29, 0.717) is 6.10 Å². The van der Waals surface area contributed by atoms with Crippen LogP contribution in [0.3, 0.4) is 0 Å². The number of halogens is 1. The Bertz CT molecular complexity index is 338. The largest absolute Gasteiger partial charge is 0.488 e. The fourth-order valence-electron chi connectivity index (χ4n) is 2.79. The molecular weight excluding hydrogens is 337 g/mol. The predicted molar refractivity (Wildman–Crippen MR) is 84.8 cm³/mol. The van der Waals surface area contributed by atoms with Crippen LogP contribution >= 0.6 is 22.6 Å². The first kappa shape index (κ1) is 14.1. The Hall–Kier alpha value is -0.290. The van der Waals surface area contributed by atoms with Crippen LogP contribution in [-0.4, -0.2) is 35.6 Å². The molecule has 3 heteroatoms. The van der Waals surface area contributed by atoms with Gasteiger partial charge in [-0.15, -0.1) is 0 Å². The number of alkyl halides is 1. The standard InChI is InChI=1S/C14H19NO.CH3I/c1-4-8-15(9-5-1)11-13-10-12-6-2-3-7-14(12)16-13;1-2/h2-3,6-7,13H,1,4-5,8-11H2;1H3. The van der Waals surface area contributed by atoms with Crippen molar-refractivity contribution >= 4 is 22.6 Å². The van der Waals surface area contributed by atoms with Gasteiger partial charge in [0.15, 0.2) is 0 Å². The molecule has 2 nitrogen and oxygen atoms in total. The zero-order chi connectivity index (χ0) is 12.8. The van der Waals surface area contributed by atoms with E-state index in [1.807, 2.05) is 4.93 Å². The zero-order valence-electron chi connectivity index (χ0n) is 11.1. The Morgan fingerprint density at radius 2 is 1.89 bits per heavy atom. The molecule has 1 atom stereocenters. The highest BCUT2D eigenvalue weighted by Crippen LogP contribution is 2.28. The summed E-state index contributed by atoms with van der Waals surface area (Å²) in [5.74, 6) is 1.10. The Morgan fingerprint density at radius 1 is 1.17 bits per heavy atom. The monoisotopic (exact) mass is 359 g/mol. The highest BCUT2D eigenvalue weighted by atomic mass is 127. The van der Waals surface area contributed by atoms with E-state index in [2.05, 4.69) is 51.8 Å². The number of para-hydroxylation sites is 1. The lowest BCUT2D eigenvalue weighted by molar-refractivity contribution is 0.134. The lowest BCUT2D eigenvalue weighted by Crippen LogP contribution is -2.38. The van der Waals surface area contributed by atoms with Crippen LogP contribution in [0.5, 0.6) is 5.75 Å². The molecule has 1 unspecified atom stereocenters. The van der Waals surface area contributed by atoms with Gasteiger partial charge in [0, 0.05) is 13.0 Å². The summed E-state index contributed by atoms with van der Waals surface area (Å²) in [6, 6.07) is 8.44. The molecule has 0 saturated carbocycles. The molecule has 1 fully saturated rings. The average molecular weight is 359 g/mol. The van der Waals surface area contributed by atoms with Gasteiger partial charge in [-0.05, 0) is 42.5 Å². The van der Waals surface area contributed by atoms with Crippen LogP contribution in [0.2, 0.25) is 0 Å². The van der Waals surface area contributed by atoms with Crippen molar-refractivity contribution in [3.05, 3.63) is 29.8 Å². The molecule has 0 aliphatic carbocycles. The molecule has 0 amide bonds. The first-order chi connectivity index (χ1) is 8.92. The molecule has 1 aromatic rings. The number of likely N-dealkylation sites (tertiary alicyclic amines) is 1. The molecule has 100 valence electrons. The van der Waals surface area contributed by atoms with Crippen molar-refractivity contribution in [1.29, 1.82) is 0 Å². The van der Waals surface area contributed by atoms with Crippen molar-refractivity contribution in [1.82, 2.24) is 4.90 Å². The van der Waals surface area contributed by atoms with E-state index in [1.165, 1.54) is 37.9 Å². The number of hydrogen-bond donors (Lipinski definition) is 0. The van der Waals surface area contributed by atoms with Crippen LogP contribution in [0.15, 0.2) is 24.3 Å². The SMILES string of the molecule is CI.c1ccc2c(c1)CC(CN1CCCCC1)O2. The van der Waals surface area contributed by atoms with Crippen molar-refractivity contribution in [2.75, 3.05) is 24.6 Å². The number of nitrogens with zero attached hydrogens (tertiary/aromatic N) is 1. The molecule has 1 saturated heterocycles. The lowest BCUT2D eigenvalue weighted by Gasteiger charge is -2.28. The molecule has 0 bridgehead atoms. The second-order valence-electron chi connectivity index (χ2n) is 4.91. The van der Waals surface area contributed by atoms with Crippen LogP contribution < -0.4 is 4.74 Å². The van der Waals surface area contributed by atoms with Crippen molar-refractivity contribution in [2.24, 2.45) is 0 Å². The molecule has 0 N–H and O–H groups in total. The summed E-state index contributed by atoms with van der Waals surface area (Å²) in [5, 5.41) is 0. The highest BCUT2D eigenvalue weighted by Gasteiger charge is 2.24. The van der Waals surface area contributed by atoms with Gasteiger partial charge in [0.1, 0.15) is 11.9 Å². The molecule has 1 aromatic carbocycles. The van der Waals surface area contributed by atoms with Crippen LogP contribution in [-0.2, 0) is 6.42 Å². The number of fused-ring (bicyclic) bond motifs is 1. The van der Waals surface area contributed by atoms with E-state index >= 15 is 0 Å². The predicted octanol–water partition coefficient (Wildman–Crippen LogP) is 3.53. The van der Waals surface area contributed by atoms with Crippen LogP contribution in [0.25, 0.3) is 0 Å². The van der Waals surface area contributed by atoms with Crippen LogP contribution in [0.4, 0.5) is 0 Å². The Labute approximate surface area is 124 Å². The summed E-state index contributed by atoms with van der Waals surface area (Å²) in [6.45, 7) is 3.63. The molecule has 0 spiro atoms. The van der Waals surface area contributed by atoms with Gasteiger partial charge in [-0.2, -0.15) is 0 Å². The zero-order valence-corrected chi connectivity index (χ0v) is 13.2. The van der Waals surface area contributed by atoms with Gasteiger partial charge < -0.3 is 4.74 Å². The van der Waals surface area contributed by atoms with Crippen molar-refractivity contribution in [3.8, 4) is 5.75 Å². The molecular formula is C15H22INO. The maximum absolute atomic E-state index is 5.97. The fraction of sp³-hybridized carbons (Fsp3) is 0.600. The van der Waals surface area contributed by atoms with Gasteiger partial charge in [-0.3, -0.25) is 4.90 Å². The summed E-state index contributed by atoms with van der Waals surface area (Å²) in [6.07, 6.45) is 5.60. The van der Waals surface area contributed by atoms with Gasteiger partial charge in [-0.25, -0.2) is 0 Å². The third-order valence-electron chi connectivity index (χ3n) is 3.62. The Morgan fingerprint density at radius 3 is 2.61 bits per heavy atom. The summed E-state index contributed by atoms with van der Waals surface area (Å²) in [7, 11) is 0. The summed E-state index contributed by atoms with van der Waals surface area (Å²) in [5.41, 5.74) is 1.38. The summed E-state index contributed by atoms with van der Waals surface area (Å²) in [4.78, 5) is 4.53. The highest BCUT2D eigenvalue weighted by molar-refractivity contribution is 14.1. The van der Waals surface area contributed by atoms with Crippen molar-refractivity contribution in [3.63, 3.8) is 0 Å².